The molecule has 3 aromatic heterocycles. The van der Waals surface area contributed by atoms with Crippen LogP contribution in [0.5, 0.6) is 0 Å². The third kappa shape index (κ3) is 2.58. The van der Waals surface area contributed by atoms with Crippen molar-refractivity contribution in [3.05, 3.63) is 46.7 Å². The van der Waals surface area contributed by atoms with Gasteiger partial charge in [-0.1, -0.05) is 0 Å². The second-order valence-electron chi connectivity index (χ2n) is 6.22. The van der Waals surface area contributed by atoms with E-state index in [4.69, 9.17) is 0 Å². The highest BCUT2D eigenvalue weighted by Crippen LogP contribution is 2.31. The first kappa shape index (κ1) is 15.3. The van der Waals surface area contributed by atoms with Gasteiger partial charge in [-0.3, -0.25) is 9.20 Å². The third-order valence-electron chi connectivity index (χ3n) is 4.70. The molecule has 1 saturated heterocycles. The van der Waals surface area contributed by atoms with Gasteiger partial charge >= 0.3 is 0 Å². The van der Waals surface area contributed by atoms with E-state index in [1.807, 2.05) is 31.1 Å². The second-order valence-corrected chi connectivity index (χ2v) is 7.06. The molecule has 0 spiro atoms. The van der Waals surface area contributed by atoms with Gasteiger partial charge in [0.1, 0.15) is 5.82 Å². The van der Waals surface area contributed by atoms with E-state index in [-0.39, 0.29) is 5.91 Å². The van der Waals surface area contributed by atoms with Gasteiger partial charge in [0, 0.05) is 48.7 Å². The van der Waals surface area contributed by atoms with Crippen LogP contribution in [0.15, 0.2) is 24.0 Å². The third-order valence-corrected chi connectivity index (χ3v) is 5.57. The molecule has 0 atom stereocenters. The van der Waals surface area contributed by atoms with Crippen LogP contribution in [0.3, 0.4) is 0 Å². The molecule has 4 heterocycles. The smallest absolute Gasteiger partial charge is 0.257 e. The summed E-state index contributed by atoms with van der Waals surface area (Å²) in [6.45, 7) is 5.24. The number of fused-ring (bicyclic) bond motifs is 1. The summed E-state index contributed by atoms with van der Waals surface area (Å²) in [7, 11) is 0. The quantitative estimate of drug-likeness (QED) is 0.719. The van der Waals surface area contributed by atoms with Crippen LogP contribution in [0.25, 0.3) is 4.96 Å². The summed E-state index contributed by atoms with van der Waals surface area (Å²) in [6.07, 6.45) is 7.46. The highest BCUT2D eigenvalue weighted by Gasteiger charge is 2.27. The van der Waals surface area contributed by atoms with Crippen LogP contribution in [0.1, 0.15) is 46.3 Å². The Balaban J connectivity index is 1.48. The lowest BCUT2D eigenvalue weighted by Crippen LogP contribution is -2.38. The standard InChI is InChI=1S/C17H19N5OS/c1-11-14(9-19-12(2)20-11)16(23)21-6-3-13(4-7-21)15-10-24-17-18-5-8-22(15)17/h5,8-10,13H,3-4,6-7H2,1-2H3. The van der Waals surface area contributed by atoms with Crippen LogP contribution in [0.2, 0.25) is 0 Å². The van der Waals surface area contributed by atoms with Crippen LogP contribution in [-0.2, 0) is 0 Å². The monoisotopic (exact) mass is 341 g/mol. The predicted molar refractivity (Wildman–Crippen MR) is 92.5 cm³/mol. The van der Waals surface area contributed by atoms with E-state index < -0.39 is 0 Å². The minimum Gasteiger partial charge on any atom is -0.338 e. The molecule has 0 saturated carbocycles. The molecule has 24 heavy (non-hydrogen) atoms. The van der Waals surface area contributed by atoms with E-state index in [1.54, 1.807) is 17.5 Å². The first-order valence-corrected chi connectivity index (χ1v) is 9.01. The van der Waals surface area contributed by atoms with E-state index in [1.165, 1.54) is 5.69 Å². The zero-order valence-electron chi connectivity index (χ0n) is 13.8. The maximum atomic E-state index is 12.7. The number of piperidine rings is 1. The number of carbonyl (C=O) groups is 1. The molecule has 124 valence electrons. The maximum absolute atomic E-state index is 12.7. The fourth-order valence-corrected chi connectivity index (χ4v) is 4.31. The lowest BCUT2D eigenvalue weighted by molar-refractivity contribution is 0.0710. The number of nitrogens with zero attached hydrogens (tertiary/aromatic N) is 5. The summed E-state index contributed by atoms with van der Waals surface area (Å²) in [6, 6.07) is 0. The zero-order valence-corrected chi connectivity index (χ0v) is 14.6. The van der Waals surface area contributed by atoms with Gasteiger partial charge in [0.25, 0.3) is 5.91 Å². The number of thiazole rings is 1. The topological polar surface area (TPSA) is 63.4 Å². The van der Waals surface area contributed by atoms with Gasteiger partial charge in [-0.05, 0) is 26.7 Å². The molecule has 7 heteroatoms. The predicted octanol–water partition coefficient (Wildman–Crippen LogP) is 2.82. The maximum Gasteiger partial charge on any atom is 0.257 e. The van der Waals surface area contributed by atoms with Crippen molar-refractivity contribution in [2.45, 2.75) is 32.6 Å². The molecule has 0 unspecified atom stereocenters. The first-order valence-electron chi connectivity index (χ1n) is 8.13. The van der Waals surface area contributed by atoms with Crippen molar-refractivity contribution >= 4 is 22.2 Å². The Morgan fingerprint density at radius 1 is 1.25 bits per heavy atom. The normalized spacial score (nSPS) is 16.0. The van der Waals surface area contributed by atoms with Crippen LogP contribution in [0.4, 0.5) is 0 Å². The molecule has 1 aliphatic heterocycles. The van der Waals surface area contributed by atoms with Gasteiger partial charge in [-0.15, -0.1) is 11.3 Å². The summed E-state index contributed by atoms with van der Waals surface area (Å²) in [5.74, 6) is 1.22. The number of hydrogen-bond acceptors (Lipinski definition) is 5. The first-order chi connectivity index (χ1) is 11.6. The second kappa shape index (κ2) is 5.98. The van der Waals surface area contributed by atoms with Crippen molar-refractivity contribution in [2.24, 2.45) is 0 Å². The van der Waals surface area contributed by atoms with Gasteiger partial charge in [0.05, 0.1) is 11.3 Å². The Labute approximate surface area is 144 Å². The van der Waals surface area contributed by atoms with E-state index in [2.05, 4.69) is 24.7 Å². The molecule has 4 rings (SSSR count). The summed E-state index contributed by atoms with van der Waals surface area (Å²) in [5.41, 5.74) is 2.69. The average Bonchev–Trinajstić information content (AvgIpc) is 3.18. The van der Waals surface area contributed by atoms with Gasteiger partial charge in [0.2, 0.25) is 0 Å². The van der Waals surface area contributed by atoms with E-state index in [9.17, 15) is 4.79 Å². The van der Waals surface area contributed by atoms with Gasteiger partial charge in [0.15, 0.2) is 4.96 Å². The van der Waals surface area contributed by atoms with E-state index in [0.717, 1.165) is 36.6 Å². The molecule has 0 aromatic carbocycles. The highest BCUT2D eigenvalue weighted by atomic mass is 32.1. The van der Waals surface area contributed by atoms with Crippen LogP contribution < -0.4 is 0 Å². The van der Waals surface area contributed by atoms with Crippen molar-refractivity contribution in [3.63, 3.8) is 0 Å². The number of likely N-dealkylation sites (tertiary alicyclic amines) is 1. The molecule has 1 aliphatic rings. The number of rotatable bonds is 2. The summed E-state index contributed by atoms with van der Waals surface area (Å²) in [4.78, 5) is 28.5. The molecule has 0 bridgehead atoms. The van der Waals surface area contributed by atoms with Crippen molar-refractivity contribution in [3.8, 4) is 0 Å². The Hall–Kier alpha value is -2.28. The number of carbonyl (C=O) groups excluding carboxylic acids is 1. The largest absolute Gasteiger partial charge is 0.338 e. The van der Waals surface area contributed by atoms with Gasteiger partial charge in [-0.25, -0.2) is 15.0 Å². The van der Waals surface area contributed by atoms with Crippen molar-refractivity contribution < 1.29 is 4.79 Å². The average molecular weight is 341 g/mol. The zero-order chi connectivity index (χ0) is 16.7. The number of amides is 1. The van der Waals surface area contributed by atoms with Crippen LogP contribution >= 0.6 is 11.3 Å². The number of aromatic nitrogens is 4. The summed E-state index contributed by atoms with van der Waals surface area (Å²) < 4.78 is 2.17. The lowest BCUT2D eigenvalue weighted by atomic mass is 9.93. The van der Waals surface area contributed by atoms with Crippen LogP contribution in [0, 0.1) is 13.8 Å². The fourth-order valence-electron chi connectivity index (χ4n) is 3.38. The molecular weight excluding hydrogens is 322 g/mol. The van der Waals surface area contributed by atoms with Gasteiger partial charge < -0.3 is 4.90 Å². The van der Waals surface area contributed by atoms with E-state index >= 15 is 0 Å². The Morgan fingerprint density at radius 2 is 2.04 bits per heavy atom. The lowest BCUT2D eigenvalue weighted by Gasteiger charge is -2.32. The van der Waals surface area contributed by atoms with E-state index in [0.29, 0.717) is 17.3 Å². The molecular formula is C17H19N5OS. The molecule has 0 aliphatic carbocycles. The fraction of sp³-hybridized carbons (Fsp3) is 0.412. The molecule has 0 N–H and O–H groups in total. The highest BCUT2D eigenvalue weighted by molar-refractivity contribution is 7.15. The van der Waals surface area contributed by atoms with Crippen molar-refractivity contribution in [1.82, 2.24) is 24.3 Å². The Kier molecular flexibility index (Phi) is 3.80. The minimum atomic E-state index is 0.0454. The SMILES string of the molecule is Cc1ncc(C(=O)N2CCC(c3csc4nccn34)CC2)c(C)n1. The number of imidazole rings is 1. The summed E-state index contributed by atoms with van der Waals surface area (Å²) in [5, 5.41) is 2.20. The van der Waals surface area contributed by atoms with Crippen molar-refractivity contribution in [1.29, 1.82) is 0 Å². The van der Waals surface area contributed by atoms with Crippen molar-refractivity contribution in [2.75, 3.05) is 13.1 Å². The Morgan fingerprint density at radius 3 is 2.79 bits per heavy atom. The Bertz CT molecular complexity index is 891. The minimum absolute atomic E-state index is 0.0454. The number of hydrogen-bond donors (Lipinski definition) is 0. The molecule has 0 radical (unpaired) electrons. The molecule has 1 fully saturated rings. The molecule has 3 aromatic rings. The van der Waals surface area contributed by atoms with Gasteiger partial charge in [-0.2, -0.15) is 0 Å². The summed E-state index contributed by atoms with van der Waals surface area (Å²) >= 11 is 1.68. The molecule has 1 amide bonds. The number of aryl methyl sites for hydroxylation is 2. The molecule has 6 nitrogen and oxygen atoms in total. The van der Waals surface area contributed by atoms with Crippen LogP contribution in [-0.4, -0.2) is 43.2 Å².